The Hall–Kier alpha value is -2.20. The summed E-state index contributed by atoms with van der Waals surface area (Å²) in [5.74, 6) is 1.21. The fourth-order valence-electron chi connectivity index (χ4n) is 2.32. The second kappa shape index (κ2) is 8.77. The maximum atomic E-state index is 12.4. The van der Waals surface area contributed by atoms with E-state index in [0.717, 1.165) is 28.5 Å². The fourth-order valence-corrected chi connectivity index (χ4v) is 3.99. The van der Waals surface area contributed by atoms with E-state index in [1.165, 1.54) is 23.1 Å². The Morgan fingerprint density at radius 2 is 2.04 bits per heavy atom. The molecule has 1 N–H and O–H groups in total. The number of thioether (sulfide) groups is 1. The van der Waals surface area contributed by atoms with Crippen LogP contribution in [0.1, 0.15) is 0 Å². The van der Waals surface area contributed by atoms with Crippen LogP contribution in [0.5, 0.6) is 0 Å². The first-order chi connectivity index (χ1) is 12.3. The lowest BCUT2D eigenvalue weighted by Gasteiger charge is -2.34. The molecule has 0 atom stereocenters. The van der Waals surface area contributed by atoms with Crippen LogP contribution in [0.2, 0.25) is 0 Å². The average Bonchev–Trinajstić information content (AvgIpc) is 3.13. The van der Waals surface area contributed by atoms with Gasteiger partial charge in [0, 0.05) is 45.1 Å². The van der Waals surface area contributed by atoms with E-state index >= 15 is 0 Å². The predicted octanol–water partition coefficient (Wildman–Crippen LogP) is 1.37. The summed E-state index contributed by atoms with van der Waals surface area (Å²) in [5, 5.41) is 11.9. The summed E-state index contributed by atoms with van der Waals surface area (Å²) in [4.78, 5) is 24.9. The molecule has 0 radical (unpaired) electrons. The molecule has 0 unspecified atom stereocenters. The Balaban J connectivity index is 1.43. The zero-order valence-electron chi connectivity index (χ0n) is 13.7. The smallest absolute Gasteiger partial charge is 0.233 e. The Morgan fingerprint density at radius 3 is 2.76 bits per heavy atom. The molecule has 1 fully saturated rings. The molecule has 1 aliphatic heterocycles. The molecule has 0 spiro atoms. The monoisotopic (exact) mass is 377 g/mol. The lowest BCUT2D eigenvalue weighted by Crippen LogP contribution is -2.49. The summed E-state index contributed by atoms with van der Waals surface area (Å²) in [6.45, 7) is 7.14. The van der Waals surface area contributed by atoms with Crippen molar-refractivity contribution in [3.8, 4) is 0 Å². The van der Waals surface area contributed by atoms with Crippen molar-refractivity contribution in [1.82, 2.24) is 25.1 Å². The molecule has 10 heteroatoms. The third-order valence-electron chi connectivity index (χ3n) is 3.59. The van der Waals surface area contributed by atoms with Crippen LogP contribution in [0.25, 0.3) is 0 Å². The number of nitrogens with one attached hydrogen (secondary N) is 1. The van der Waals surface area contributed by atoms with E-state index in [4.69, 9.17) is 0 Å². The van der Waals surface area contributed by atoms with E-state index in [0.29, 0.717) is 25.4 Å². The molecule has 132 valence electrons. The minimum atomic E-state index is 0.120. The van der Waals surface area contributed by atoms with Crippen LogP contribution in [0.3, 0.4) is 0 Å². The molecule has 25 heavy (non-hydrogen) atoms. The van der Waals surface area contributed by atoms with Gasteiger partial charge in [-0.3, -0.25) is 4.79 Å². The largest absolute Gasteiger partial charge is 0.357 e. The minimum Gasteiger partial charge on any atom is -0.357 e. The molecule has 1 amide bonds. The number of amides is 1. The number of hydrogen-bond donors (Lipinski definition) is 1. The van der Waals surface area contributed by atoms with E-state index in [2.05, 4.69) is 37.0 Å². The highest BCUT2D eigenvalue weighted by molar-refractivity contribution is 8.01. The van der Waals surface area contributed by atoms with Crippen LogP contribution < -0.4 is 10.2 Å². The van der Waals surface area contributed by atoms with Gasteiger partial charge in [0.05, 0.1) is 5.75 Å². The van der Waals surface area contributed by atoms with Gasteiger partial charge in [-0.25, -0.2) is 9.97 Å². The van der Waals surface area contributed by atoms with E-state index in [1.54, 1.807) is 24.5 Å². The molecule has 3 heterocycles. The quantitative estimate of drug-likeness (QED) is 0.572. The SMILES string of the molecule is C=CCNc1nnc(SCC(=O)N2CCN(c3ncccn3)CC2)s1. The highest BCUT2D eigenvalue weighted by atomic mass is 32.2. The van der Waals surface area contributed by atoms with Gasteiger partial charge in [-0.1, -0.05) is 29.2 Å². The summed E-state index contributed by atoms with van der Waals surface area (Å²) in [6.07, 6.45) is 5.23. The highest BCUT2D eigenvalue weighted by Crippen LogP contribution is 2.25. The maximum absolute atomic E-state index is 12.4. The zero-order valence-corrected chi connectivity index (χ0v) is 15.3. The molecule has 0 bridgehead atoms. The summed E-state index contributed by atoms with van der Waals surface area (Å²) >= 11 is 2.87. The van der Waals surface area contributed by atoms with Crippen LogP contribution in [0, 0.1) is 0 Å². The van der Waals surface area contributed by atoms with Crippen molar-refractivity contribution < 1.29 is 4.79 Å². The number of aromatic nitrogens is 4. The average molecular weight is 377 g/mol. The van der Waals surface area contributed by atoms with Gasteiger partial charge in [-0.2, -0.15) is 0 Å². The van der Waals surface area contributed by atoms with Crippen molar-refractivity contribution in [2.45, 2.75) is 4.34 Å². The summed E-state index contributed by atoms with van der Waals surface area (Å²) in [5.41, 5.74) is 0. The van der Waals surface area contributed by atoms with Gasteiger partial charge < -0.3 is 15.1 Å². The van der Waals surface area contributed by atoms with Crippen molar-refractivity contribution >= 4 is 40.1 Å². The summed E-state index contributed by atoms with van der Waals surface area (Å²) < 4.78 is 0.788. The molecule has 2 aromatic heterocycles. The number of hydrogen-bond acceptors (Lipinski definition) is 9. The van der Waals surface area contributed by atoms with Gasteiger partial charge in [0.1, 0.15) is 0 Å². The Labute approximate surface area is 154 Å². The van der Waals surface area contributed by atoms with Crippen molar-refractivity contribution in [1.29, 1.82) is 0 Å². The van der Waals surface area contributed by atoms with Crippen molar-refractivity contribution in [2.75, 3.05) is 48.7 Å². The predicted molar refractivity (Wildman–Crippen MR) is 100 cm³/mol. The van der Waals surface area contributed by atoms with Crippen LogP contribution in [-0.2, 0) is 4.79 Å². The minimum absolute atomic E-state index is 0.120. The molecule has 0 aliphatic carbocycles. The van der Waals surface area contributed by atoms with Gasteiger partial charge in [-0.15, -0.1) is 16.8 Å². The Kier molecular flexibility index (Phi) is 6.18. The number of anilines is 2. The fraction of sp³-hybridized carbons (Fsp3) is 0.400. The molecular formula is C15H19N7OS2. The van der Waals surface area contributed by atoms with Gasteiger partial charge >= 0.3 is 0 Å². The highest BCUT2D eigenvalue weighted by Gasteiger charge is 2.22. The van der Waals surface area contributed by atoms with E-state index in [-0.39, 0.29) is 5.91 Å². The third-order valence-corrected chi connectivity index (χ3v) is 5.59. The summed E-state index contributed by atoms with van der Waals surface area (Å²) in [7, 11) is 0. The van der Waals surface area contributed by atoms with Crippen LogP contribution >= 0.6 is 23.1 Å². The zero-order chi connectivity index (χ0) is 17.5. The number of carbonyl (C=O) groups is 1. The van der Waals surface area contributed by atoms with E-state index < -0.39 is 0 Å². The van der Waals surface area contributed by atoms with E-state index in [9.17, 15) is 4.79 Å². The molecule has 0 saturated carbocycles. The molecule has 1 saturated heterocycles. The normalized spacial score (nSPS) is 14.4. The van der Waals surface area contributed by atoms with Crippen LogP contribution in [0.4, 0.5) is 11.1 Å². The topological polar surface area (TPSA) is 87.1 Å². The first-order valence-corrected chi connectivity index (χ1v) is 9.67. The first-order valence-electron chi connectivity index (χ1n) is 7.87. The molecule has 2 aromatic rings. The van der Waals surface area contributed by atoms with Crippen LogP contribution in [-0.4, -0.2) is 69.4 Å². The Morgan fingerprint density at radius 1 is 1.28 bits per heavy atom. The molecule has 1 aliphatic rings. The lowest BCUT2D eigenvalue weighted by atomic mass is 10.3. The number of nitrogens with zero attached hydrogens (tertiary/aromatic N) is 6. The van der Waals surface area contributed by atoms with Crippen LogP contribution in [0.15, 0.2) is 35.5 Å². The van der Waals surface area contributed by atoms with Gasteiger partial charge in [0.25, 0.3) is 0 Å². The maximum Gasteiger partial charge on any atom is 0.233 e. The Bertz CT molecular complexity index is 701. The second-order valence-electron chi connectivity index (χ2n) is 5.25. The van der Waals surface area contributed by atoms with Crippen molar-refractivity contribution in [3.05, 3.63) is 31.1 Å². The van der Waals surface area contributed by atoms with E-state index in [1.807, 2.05) is 4.90 Å². The third kappa shape index (κ3) is 4.89. The van der Waals surface area contributed by atoms with Gasteiger partial charge in [-0.05, 0) is 6.07 Å². The molecule has 0 aromatic carbocycles. The molecule has 8 nitrogen and oxygen atoms in total. The standard InChI is InChI=1S/C15H19N7OS2/c1-2-4-18-14-19-20-15(25-14)24-11-12(23)21-7-9-22(10-8-21)13-16-5-3-6-17-13/h2-3,5-6H,1,4,7-11H2,(H,18,19). The number of piperazine rings is 1. The molecule has 3 rings (SSSR count). The van der Waals surface area contributed by atoms with Crippen molar-refractivity contribution in [3.63, 3.8) is 0 Å². The number of carbonyl (C=O) groups excluding carboxylic acids is 1. The second-order valence-corrected chi connectivity index (χ2v) is 7.45. The van der Waals surface area contributed by atoms with Crippen molar-refractivity contribution in [2.24, 2.45) is 0 Å². The molecular weight excluding hydrogens is 358 g/mol. The van der Waals surface area contributed by atoms with Gasteiger partial charge in [0.2, 0.25) is 17.0 Å². The number of rotatable bonds is 7. The first kappa shape index (κ1) is 17.6. The summed E-state index contributed by atoms with van der Waals surface area (Å²) in [6, 6.07) is 1.80. The van der Waals surface area contributed by atoms with Gasteiger partial charge in [0.15, 0.2) is 4.34 Å². The lowest BCUT2D eigenvalue weighted by molar-refractivity contribution is -0.128.